The summed E-state index contributed by atoms with van der Waals surface area (Å²) in [5, 5.41) is 4.30. The average Bonchev–Trinajstić information content (AvgIpc) is 2.86. The van der Waals surface area contributed by atoms with Gasteiger partial charge in [-0.1, -0.05) is 12.1 Å². The fraction of sp³-hybridized carbons (Fsp3) is 0.400. The van der Waals surface area contributed by atoms with Crippen LogP contribution in [0, 0.1) is 6.92 Å². The molecule has 0 N–H and O–H groups in total. The highest BCUT2D eigenvalue weighted by molar-refractivity contribution is 5.78. The molecule has 1 amide bonds. The van der Waals surface area contributed by atoms with Gasteiger partial charge in [-0.2, -0.15) is 5.10 Å². The molecule has 2 heterocycles. The first-order valence-electron chi connectivity index (χ1n) is 6.97. The molecule has 0 aliphatic carbocycles. The number of methoxy groups -OCH3 is 1. The minimum absolute atomic E-state index is 0.107. The summed E-state index contributed by atoms with van der Waals surface area (Å²) in [5.41, 5.74) is 0.961. The molecule has 0 spiro atoms. The topological polar surface area (TPSA) is 60.2 Å². The van der Waals surface area contributed by atoms with Crippen molar-refractivity contribution < 1.29 is 9.53 Å². The number of rotatable bonds is 3. The number of nitrogens with zero attached hydrogens (tertiary/aromatic N) is 4. The lowest BCUT2D eigenvalue weighted by Gasteiger charge is -2.26. The summed E-state index contributed by atoms with van der Waals surface area (Å²) in [6, 6.07) is 7.61. The Morgan fingerprint density at radius 1 is 1.38 bits per heavy atom. The molecule has 0 unspecified atom stereocenters. The van der Waals surface area contributed by atoms with Crippen LogP contribution in [0.15, 0.2) is 24.3 Å². The monoisotopic (exact) mass is 286 g/mol. The number of ether oxygens (including phenoxy) is 1. The second kappa shape index (κ2) is 5.55. The van der Waals surface area contributed by atoms with Crippen LogP contribution in [0.2, 0.25) is 0 Å². The van der Waals surface area contributed by atoms with Gasteiger partial charge in [0.2, 0.25) is 5.91 Å². The number of fused-ring (bicyclic) bond motifs is 1. The number of aromatic nitrogens is 3. The van der Waals surface area contributed by atoms with Gasteiger partial charge < -0.3 is 9.64 Å². The quantitative estimate of drug-likeness (QED) is 0.850. The van der Waals surface area contributed by atoms with Crippen molar-refractivity contribution in [3.63, 3.8) is 0 Å². The van der Waals surface area contributed by atoms with Gasteiger partial charge in [0.15, 0.2) is 0 Å². The molecule has 1 aliphatic heterocycles. The van der Waals surface area contributed by atoms with Crippen molar-refractivity contribution in [2.24, 2.45) is 0 Å². The molecule has 110 valence electrons. The molecule has 6 heteroatoms. The summed E-state index contributed by atoms with van der Waals surface area (Å²) >= 11 is 0. The van der Waals surface area contributed by atoms with Crippen LogP contribution >= 0.6 is 0 Å². The lowest BCUT2D eigenvalue weighted by molar-refractivity contribution is -0.132. The fourth-order valence-corrected chi connectivity index (χ4v) is 2.54. The van der Waals surface area contributed by atoms with E-state index >= 15 is 0 Å². The van der Waals surface area contributed by atoms with Crippen LogP contribution in [0.3, 0.4) is 0 Å². The zero-order chi connectivity index (χ0) is 14.8. The Morgan fingerprint density at radius 2 is 2.24 bits per heavy atom. The van der Waals surface area contributed by atoms with Crippen molar-refractivity contribution >= 4 is 5.91 Å². The lowest BCUT2D eigenvalue weighted by Crippen LogP contribution is -2.39. The first-order valence-corrected chi connectivity index (χ1v) is 6.97. The van der Waals surface area contributed by atoms with E-state index in [1.165, 1.54) is 0 Å². The highest BCUT2D eigenvalue weighted by Gasteiger charge is 2.22. The van der Waals surface area contributed by atoms with Crippen molar-refractivity contribution in [3.05, 3.63) is 41.5 Å². The third kappa shape index (κ3) is 2.89. The maximum absolute atomic E-state index is 12.4. The number of benzene rings is 1. The maximum Gasteiger partial charge on any atom is 0.227 e. The second-order valence-corrected chi connectivity index (χ2v) is 5.14. The molecule has 3 rings (SSSR count). The van der Waals surface area contributed by atoms with Gasteiger partial charge in [0.05, 0.1) is 26.6 Å². The number of amides is 1. The Labute approximate surface area is 123 Å². The molecule has 0 saturated heterocycles. The van der Waals surface area contributed by atoms with Crippen LogP contribution in [0.1, 0.15) is 17.2 Å². The first-order chi connectivity index (χ1) is 10.2. The molecule has 1 aromatic carbocycles. The van der Waals surface area contributed by atoms with E-state index in [-0.39, 0.29) is 5.91 Å². The molecule has 1 aliphatic rings. The largest absolute Gasteiger partial charge is 0.497 e. The summed E-state index contributed by atoms with van der Waals surface area (Å²) in [4.78, 5) is 18.6. The van der Waals surface area contributed by atoms with E-state index in [4.69, 9.17) is 4.74 Å². The smallest absolute Gasteiger partial charge is 0.227 e. The van der Waals surface area contributed by atoms with E-state index in [2.05, 4.69) is 10.1 Å². The zero-order valence-electron chi connectivity index (χ0n) is 12.2. The maximum atomic E-state index is 12.4. The molecular weight excluding hydrogens is 268 g/mol. The van der Waals surface area contributed by atoms with Crippen LogP contribution in [0.4, 0.5) is 0 Å². The molecule has 0 saturated carbocycles. The van der Waals surface area contributed by atoms with Crippen molar-refractivity contribution in [1.82, 2.24) is 19.7 Å². The van der Waals surface area contributed by atoms with E-state index < -0.39 is 0 Å². The third-order valence-electron chi connectivity index (χ3n) is 3.61. The molecule has 0 atom stereocenters. The Balaban J connectivity index is 1.69. The molecule has 0 fully saturated rings. The number of hydrogen-bond donors (Lipinski definition) is 0. The van der Waals surface area contributed by atoms with E-state index in [9.17, 15) is 4.79 Å². The van der Waals surface area contributed by atoms with Crippen LogP contribution < -0.4 is 4.74 Å². The highest BCUT2D eigenvalue weighted by atomic mass is 16.5. The minimum atomic E-state index is 0.107. The van der Waals surface area contributed by atoms with Crippen LogP contribution in [-0.4, -0.2) is 39.2 Å². The lowest BCUT2D eigenvalue weighted by atomic mass is 10.1. The van der Waals surface area contributed by atoms with Crippen LogP contribution in [-0.2, 0) is 24.3 Å². The van der Waals surface area contributed by atoms with Crippen LogP contribution in [0.25, 0.3) is 0 Å². The van der Waals surface area contributed by atoms with Crippen molar-refractivity contribution in [2.75, 3.05) is 13.7 Å². The van der Waals surface area contributed by atoms with E-state index in [1.54, 1.807) is 7.11 Å². The van der Waals surface area contributed by atoms with E-state index in [0.717, 1.165) is 23.0 Å². The number of carbonyl (C=O) groups is 1. The highest BCUT2D eigenvalue weighted by Crippen LogP contribution is 2.16. The predicted molar refractivity (Wildman–Crippen MR) is 76.9 cm³/mol. The van der Waals surface area contributed by atoms with Gasteiger partial charge in [0.1, 0.15) is 17.4 Å². The minimum Gasteiger partial charge on any atom is -0.497 e. The second-order valence-electron chi connectivity index (χ2n) is 5.14. The van der Waals surface area contributed by atoms with E-state index in [1.807, 2.05) is 40.8 Å². The summed E-state index contributed by atoms with van der Waals surface area (Å²) in [5.74, 6) is 2.49. The molecule has 6 nitrogen and oxygen atoms in total. The van der Waals surface area contributed by atoms with Crippen LogP contribution in [0.5, 0.6) is 5.75 Å². The normalized spacial score (nSPS) is 13.9. The van der Waals surface area contributed by atoms with Gasteiger partial charge in [0, 0.05) is 6.54 Å². The fourth-order valence-electron chi connectivity index (χ4n) is 2.54. The number of carbonyl (C=O) groups excluding carboxylic acids is 1. The molecule has 21 heavy (non-hydrogen) atoms. The molecule has 0 radical (unpaired) electrons. The Hall–Kier alpha value is -2.37. The number of aryl methyl sites for hydroxylation is 1. The van der Waals surface area contributed by atoms with E-state index in [0.29, 0.717) is 26.1 Å². The summed E-state index contributed by atoms with van der Waals surface area (Å²) in [6.45, 7) is 3.79. The Kier molecular flexibility index (Phi) is 3.60. The third-order valence-corrected chi connectivity index (χ3v) is 3.61. The standard InChI is InChI=1S/C15H18N4O2/c1-11-16-14-10-18(6-7-19(14)17-11)15(20)9-12-4-3-5-13(8-12)21-2/h3-5,8H,6-7,9-10H2,1-2H3. The summed E-state index contributed by atoms with van der Waals surface area (Å²) in [7, 11) is 1.63. The summed E-state index contributed by atoms with van der Waals surface area (Å²) < 4.78 is 7.06. The van der Waals surface area contributed by atoms with Gasteiger partial charge in [-0.3, -0.25) is 4.79 Å². The molecule has 0 bridgehead atoms. The molecule has 1 aromatic heterocycles. The van der Waals surface area contributed by atoms with Crippen molar-refractivity contribution in [1.29, 1.82) is 0 Å². The van der Waals surface area contributed by atoms with Gasteiger partial charge in [-0.25, -0.2) is 9.67 Å². The average molecular weight is 286 g/mol. The Bertz CT molecular complexity index is 665. The van der Waals surface area contributed by atoms with Gasteiger partial charge >= 0.3 is 0 Å². The zero-order valence-corrected chi connectivity index (χ0v) is 12.2. The SMILES string of the molecule is COc1cccc(CC(=O)N2CCn3nc(C)nc3C2)c1. The Morgan fingerprint density at radius 3 is 3.05 bits per heavy atom. The predicted octanol–water partition coefficient (Wildman–Crippen LogP) is 1.18. The molecular formula is C15H18N4O2. The van der Waals surface area contributed by atoms with Gasteiger partial charge in [0.25, 0.3) is 0 Å². The van der Waals surface area contributed by atoms with Crippen molar-refractivity contribution in [2.45, 2.75) is 26.4 Å². The molecule has 2 aromatic rings. The number of hydrogen-bond acceptors (Lipinski definition) is 4. The van der Waals surface area contributed by atoms with Crippen molar-refractivity contribution in [3.8, 4) is 5.75 Å². The van der Waals surface area contributed by atoms with Gasteiger partial charge in [-0.15, -0.1) is 0 Å². The van der Waals surface area contributed by atoms with Gasteiger partial charge in [-0.05, 0) is 24.6 Å². The first kappa shape index (κ1) is 13.6. The summed E-state index contributed by atoms with van der Waals surface area (Å²) in [6.07, 6.45) is 0.379.